The predicted molar refractivity (Wildman–Crippen MR) is 74.2 cm³/mol. The molecule has 1 aromatic rings. The number of nitrogens with one attached hydrogen (secondary N) is 1. The van der Waals surface area contributed by atoms with E-state index in [1.807, 2.05) is 0 Å². The zero-order valence-corrected chi connectivity index (χ0v) is 11.5. The first kappa shape index (κ1) is 15.4. The number of carbonyl (C=O) groups excluding carboxylic acids is 2. The number of carbonyl (C=O) groups is 2. The van der Waals surface area contributed by atoms with Gasteiger partial charge in [-0.3, -0.25) is 4.79 Å². The third-order valence-electron chi connectivity index (χ3n) is 2.43. The number of benzene rings is 1. The summed E-state index contributed by atoms with van der Waals surface area (Å²) in [5, 5.41) is 11.8. The molecule has 0 saturated carbocycles. The number of hydrogen-bond donors (Lipinski definition) is 3. The molecule has 0 aromatic heterocycles. The highest BCUT2D eigenvalue weighted by Crippen LogP contribution is 2.12. The molecule has 0 saturated heterocycles. The van der Waals surface area contributed by atoms with Crippen LogP contribution >= 0.6 is 12.6 Å². The van der Waals surface area contributed by atoms with Gasteiger partial charge in [-0.15, -0.1) is 0 Å². The Morgan fingerprint density at radius 1 is 1.37 bits per heavy atom. The molecule has 0 fully saturated rings. The van der Waals surface area contributed by atoms with Crippen molar-refractivity contribution in [2.75, 3.05) is 12.4 Å². The first-order chi connectivity index (χ1) is 9.06. The first-order valence-electron chi connectivity index (χ1n) is 5.91. The topological polar surface area (TPSA) is 75.6 Å². The van der Waals surface area contributed by atoms with Crippen molar-refractivity contribution in [3.8, 4) is 5.75 Å². The van der Waals surface area contributed by atoms with Gasteiger partial charge in [-0.2, -0.15) is 12.6 Å². The fraction of sp³-hybridized carbons (Fsp3) is 0.385. The second-order valence-electron chi connectivity index (χ2n) is 3.90. The molecule has 2 N–H and O–H groups in total. The van der Waals surface area contributed by atoms with Gasteiger partial charge in [-0.05, 0) is 24.6 Å². The lowest BCUT2D eigenvalue weighted by molar-refractivity contribution is -0.147. The number of phenols is 1. The molecular formula is C13H17NO4S. The molecular weight excluding hydrogens is 266 g/mol. The van der Waals surface area contributed by atoms with Crippen LogP contribution in [0.3, 0.4) is 0 Å². The van der Waals surface area contributed by atoms with E-state index in [0.29, 0.717) is 6.42 Å². The molecule has 0 radical (unpaired) electrons. The summed E-state index contributed by atoms with van der Waals surface area (Å²) in [7, 11) is 0. The van der Waals surface area contributed by atoms with Gasteiger partial charge < -0.3 is 15.2 Å². The summed E-state index contributed by atoms with van der Waals surface area (Å²) in [5.74, 6) is -0.660. The van der Waals surface area contributed by atoms with E-state index in [4.69, 9.17) is 4.74 Å². The molecule has 104 valence electrons. The van der Waals surface area contributed by atoms with Gasteiger partial charge in [0.15, 0.2) is 0 Å². The van der Waals surface area contributed by atoms with Crippen LogP contribution in [0.25, 0.3) is 0 Å². The summed E-state index contributed by atoms with van der Waals surface area (Å²) in [6.45, 7) is 1.96. The van der Waals surface area contributed by atoms with E-state index < -0.39 is 12.0 Å². The molecule has 0 spiro atoms. The Kier molecular flexibility index (Phi) is 6.21. The van der Waals surface area contributed by atoms with Crippen molar-refractivity contribution in [2.24, 2.45) is 0 Å². The van der Waals surface area contributed by atoms with Gasteiger partial charge in [0.25, 0.3) is 0 Å². The molecule has 1 aromatic carbocycles. The van der Waals surface area contributed by atoms with Crippen LogP contribution in [0.4, 0.5) is 0 Å². The average molecular weight is 283 g/mol. The first-order valence-corrected chi connectivity index (χ1v) is 6.54. The summed E-state index contributed by atoms with van der Waals surface area (Å²) >= 11 is 3.85. The number of esters is 1. The van der Waals surface area contributed by atoms with E-state index in [1.165, 1.54) is 12.1 Å². The van der Waals surface area contributed by atoms with Gasteiger partial charge in [0.05, 0.1) is 12.4 Å². The monoisotopic (exact) mass is 283 g/mol. The molecule has 0 aliphatic carbocycles. The molecule has 6 heteroatoms. The van der Waals surface area contributed by atoms with Gasteiger partial charge in [-0.1, -0.05) is 12.1 Å². The van der Waals surface area contributed by atoms with Crippen LogP contribution in [0.15, 0.2) is 24.3 Å². The van der Waals surface area contributed by atoms with Gasteiger partial charge in [-0.25, -0.2) is 4.79 Å². The summed E-state index contributed by atoms with van der Waals surface area (Å²) in [5.41, 5.74) is 0.815. The van der Waals surface area contributed by atoms with E-state index in [2.05, 4.69) is 17.9 Å². The predicted octanol–water partition coefficient (Wildman–Crippen LogP) is 0.912. The van der Waals surface area contributed by atoms with Crippen molar-refractivity contribution in [1.29, 1.82) is 0 Å². The lowest BCUT2D eigenvalue weighted by atomic mass is 10.1. The third-order valence-corrected chi connectivity index (χ3v) is 2.71. The summed E-state index contributed by atoms with van der Waals surface area (Å²) < 4.78 is 4.92. The second kappa shape index (κ2) is 7.68. The molecule has 1 unspecified atom stereocenters. The quantitative estimate of drug-likeness (QED) is 0.536. The maximum absolute atomic E-state index is 11.8. The number of thiol groups is 1. The Balaban J connectivity index is 2.75. The number of ether oxygens (including phenoxy) is 1. The van der Waals surface area contributed by atoms with Crippen molar-refractivity contribution in [2.45, 2.75) is 19.4 Å². The zero-order chi connectivity index (χ0) is 14.3. The van der Waals surface area contributed by atoms with E-state index >= 15 is 0 Å². The Labute approximate surface area is 117 Å². The van der Waals surface area contributed by atoms with E-state index in [0.717, 1.165) is 5.56 Å². The minimum Gasteiger partial charge on any atom is -0.508 e. The summed E-state index contributed by atoms with van der Waals surface area (Å²) in [6, 6.07) is 5.68. The number of rotatable bonds is 6. The molecule has 0 aliphatic rings. The molecule has 0 heterocycles. The van der Waals surface area contributed by atoms with Crippen molar-refractivity contribution < 1.29 is 19.4 Å². The molecule has 1 atom stereocenters. The molecule has 0 bridgehead atoms. The van der Waals surface area contributed by atoms with Crippen LogP contribution in [0.5, 0.6) is 5.75 Å². The minimum absolute atomic E-state index is 0.00544. The SMILES string of the molecule is CCOC(=O)C(Cc1ccc(O)cc1)NC(=O)CS. The standard InChI is InChI=1S/C13H17NO4S/c1-2-18-13(17)11(14-12(16)8-19)7-9-3-5-10(15)6-4-9/h3-6,11,15,19H,2,7-8H2,1H3,(H,14,16). The van der Waals surface area contributed by atoms with Gasteiger partial charge in [0.1, 0.15) is 11.8 Å². The minimum atomic E-state index is -0.746. The van der Waals surface area contributed by atoms with Crippen LogP contribution in [-0.4, -0.2) is 35.4 Å². The van der Waals surface area contributed by atoms with E-state index in [1.54, 1.807) is 19.1 Å². The van der Waals surface area contributed by atoms with Gasteiger partial charge in [0, 0.05) is 6.42 Å². The molecule has 0 aliphatic heterocycles. The normalized spacial score (nSPS) is 11.7. The lowest BCUT2D eigenvalue weighted by Crippen LogP contribution is -2.43. The highest BCUT2D eigenvalue weighted by molar-refractivity contribution is 7.81. The van der Waals surface area contributed by atoms with Gasteiger partial charge >= 0.3 is 5.97 Å². The van der Waals surface area contributed by atoms with Crippen LogP contribution in [0.1, 0.15) is 12.5 Å². The summed E-state index contributed by atoms with van der Waals surface area (Å²) in [6.07, 6.45) is 0.304. The van der Waals surface area contributed by atoms with Crippen molar-refractivity contribution >= 4 is 24.5 Å². The average Bonchev–Trinajstić information content (AvgIpc) is 2.40. The number of hydrogen-bond acceptors (Lipinski definition) is 5. The van der Waals surface area contributed by atoms with E-state index in [9.17, 15) is 14.7 Å². The third kappa shape index (κ3) is 5.21. The number of amides is 1. The lowest BCUT2D eigenvalue weighted by Gasteiger charge is -2.17. The zero-order valence-electron chi connectivity index (χ0n) is 10.6. The molecule has 19 heavy (non-hydrogen) atoms. The smallest absolute Gasteiger partial charge is 0.328 e. The summed E-state index contributed by atoms with van der Waals surface area (Å²) in [4.78, 5) is 23.1. The Bertz CT molecular complexity index is 433. The second-order valence-corrected chi connectivity index (χ2v) is 4.22. The fourth-order valence-corrected chi connectivity index (χ4v) is 1.64. The Hall–Kier alpha value is -1.69. The molecule has 5 nitrogen and oxygen atoms in total. The highest BCUT2D eigenvalue weighted by atomic mass is 32.1. The Morgan fingerprint density at radius 3 is 2.53 bits per heavy atom. The molecule has 1 rings (SSSR count). The van der Waals surface area contributed by atoms with Crippen LogP contribution < -0.4 is 5.32 Å². The van der Waals surface area contributed by atoms with E-state index in [-0.39, 0.29) is 24.0 Å². The van der Waals surface area contributed by atoms with Crippen LogP contribution in [0.2, 0.25) is 0 Å². The largest absolute Gasteiger partial charge is 0.508 e. The van der Waals surface area contributed by atoms with Crippen molar-refractivity contribution in [3.63, 3.8) is 0 Å². The highest BCUT2D eigenvalue weighted by Gasteiger charge is 2.21. The van der Waals surface area contributed by atoms with Crippen molar-refractivity contribution in [3.05, 3.63) is 29.8 Å². The fourth-order valence-electron chi connectivity index (χ4n) is 1.54. The van der Waals surface area contributed by atoms with Crippen LogP contribution in [-0.2, 0) is 20.7 Å². The molecule has 1 amide bonds. The van der Waals surface area contributed by atoms with Crippen molar-refractivity contribution in [1.82, 2.24) is 5.32 Å². The Morgan fingerprint density at radius 2 is 2.00 bits per heavy atom. The van der Waals surface area contributed by atoms with Gasteiger partial charge in [0.2, 0.25) is 5.91 Å². The maximum Gasteiger partial charge on any atom is 0.328 e. The number of phenolic OH excluding ortho intramolecular Hbond substituents is 1. The van der Waals surface area contributed by atoms with Crippen LogP contribution in [0, 0.1) is 0 Å². The maximum atomic E-state index is 11.8. The number of aromatic hydroxyl groups is 1.